The predicted octanol–water partition coefficient (Wildman–Crippen LogP) is 4.04. The summed E-state index contributed by atoms with van der Waals surface area (Å²) in [5.41, 5.74) is -0.326. The number of hydrogen-bond donors (Lipinski definition) is 0. The van der Waals surface area contributed by atoms with Gasteiger partial charge in [0.15, 0.2) is 0 Å². The van der Waals surface area contributed by atoms with Crippen LogP contribution in [0.4, 0.5) is 0 Å². The minimum Gasteiger partial charge on any atom is -0.465 e. The third-order valence-corrected chi connectivity index (χ3v) is 4.59. The first-order valence-electron chi connectivity index (χ1n) is 7.04. The molecule has 17 heavy (non-hydrogen) atoms. The molecule has 0 aromatic rings. The van der Waals surface area contributed by atoms with Crippen LogP contribution in [0.3, 0.4) is 0 Å². The molecule has 3 atom stereocenters. The molecule has 0 radical (unpaired) electrons. The van der Waals surface area contributed by atoms with Gasteiger partial charge in [-0.05, 0) is 50.9 Å². The second-order valence-electron chi connectivity index (χ2n) is 6.47. The van der Waals surface area contributed by atoms with Crippen molar-refractivity contribution in [3.8, 4) is 0 Å². The van der Waals surface area contributed by atoms with E-state index in [0.29, 0.717) is 12.5 Å². The van der Waals surface area contributed by atoms with E-state index in [2.05, 4.69) is 13.8 Å². The Morgan fingerprint density at radius 2 is 1.88 bits per heavy atom. The topological polar surface area (TPSA) is 26.3 Å². The molecule has 0 aromatic carbocycles. The van der Waals surface area contributed by atoms with E-state index >= 15 is 0 Å². The molecule has 1 aliphatic rings. The van der Waals surface area contributed by atoms with Gasteiger partial charge in [-0.15, -0.1) is 0 Å². The molecule has 1 saturated carbocycles. The Labute approximate surface area is 106 Å². The highest BCUT2D eigenvalue weighted by molar-refractivity contribution is 5.75. The van der Waals surface area contributed by atoms with Crippen molar-refractivity contribution in [2.45, 2.75) is 60.3 Å². The number of rotatable bonds is 4. The van der Waals surface area contributed by atoms with Crippen molar-refractivity contribution in [1.29, 1.82) is 0 Å². The van der Waals surface area contributed by atoms with E-state index in [1.165, 1.54) is 19.3 Å². The lowest BCUT2D eigenvalue weighted by Crippen LogP contribution is -2.30. The zero-order valence-electron chi connectivity index (χ0n) is 12.1. The van der Waals surface area contributed by atoms with Crippen molar-refractivity contribution in [1.82, 2.24) is 0 Å². The molecule has 0 saturated heterocycles. The summed E-state index contributed by atoms with van der Waals surface area (Å²) in [6.45, 7) is 11.2. The van der Waals surface area contributed by atoms with Crippen LogP contribution < -0.4 is 0 Å². The molecular weight excluding hydrogens is 212 g/mol. The van der Waals surface area contributed by atoms with Crippen LogP contribution in [0.1, 0.15) is 60.3 Å². The number of carbonyl (C=O) groups is 1. The summed E-state index contributed by atoms with van der Waals surface area (Å²) < 4.78 is 5.48. The Bertz CT molecular complexity index is 258. The van der Waals surface area contributed by atoms with E-state index in [1.807, 2.05) is 20.8 Å². The monoisotopic (exact) mass is 240 g/mol. The average molecular weight is 240 g/mol. The lowest BCUT2D eigenvalue weighted by molar-refractivity contribution is -0.156. The van der Waals surface area contributed by atoms with E-state index in [4.69, 9.17) is 4.74 Å². The Morgan fingerprint density at radius 3 is 2.41 bits per heavy atom. The van der Waals surface area contributed by atoms with Gasteiger partial charge >= 0.3 is 5.97 Å². The maximum atomic E-state index is 11.9. The largest absolute Gasteiger partial charge is 0.465 e. The maximum Gasteiger partial charge on any atom is 0.311 e. The van der Waals surface area contributed by atoms with Gasteiger partial charge in [0.25, 0.3) is 0 Å². The minimum atomic E-state index is -0.326. The number of esters is 1. The summed E-state index contributed by atoms with van der Waals surface area (Å²) in [6.07, 6.45) is 4.54. The number of carbonyl (C=O) groups excluding carboxylic acids is 1. The Morgan fingerprint density at radius 1 is 1.24 bits per heavy atom. The summed E-state index contributed by atoms with van der Waals surface area (Å²) in [6, 6.07) is 0. The second-order valence-corrected chi connectivity index (χ2v) is 6.47. The first-order chi connectivity index (χ1) is 7.86. The third kappa shape index (κ3) is 4.01. The van der Waals surface area contributed by atoms with Gasteiger partial charge in [0.2, 0.25) is 0 Å². The zero-order chi connectivity index (χ0) is 13.1. The van der Waals surface area contributed by atoms with E-state index in [-0.39, 0.29) is 11.4 Å². The molecule has 0 aromatic heterocycles. The van der Waals surface area contributed by atoms with Crippen molar-refractivity contribution in [2.75, 3.05) is 6.61 Å². The molecule has 100 valence electrons. The van der Waals surface area contributed by atoms with Gasteiger partial charge < -0.3 is 4.74 Å². The number of ether oxygens (including phenoxy) is 1. The van der Waals surface area contributed by atoms with E-state index in [9.17, 15) is 4.79 Å². The first-order valence-corrected chi connectivity index (χ1v) is 7.04. The fourth-order valence-electron chi connectivity index (χ4n) is 2.34. The van der Waals surface area contributed by atoms with Gasteiger partial charge in [-0.1, -0.05) is 27.2 Å². The highest BCUT2D eigenvalue weighted by Crippen LogP contribution is 2.33. The molecule has 0 spiro atoms. The molecule has 1 rings (SSSR count). The molecule has 0 amide bonds. The zero-order valence-corrected chi connectivity index (χ0v) is 12.1. The van der Waals surface area contributed by atoms with E-state index < -0.39 is 0 Å². The highest BCUT2D eigenvalue weighted by Gasteiger charge is 2.29. The van der Waals surface area contributed by atoms with Gasteiger partial charge in [0.1, 0.15) is 0 Å². The van der Waals surface area contributed by atoms with Crippen LogP contribution >= 0.6 is 0 Å². The van der Waals surface area contributed by atoms with Crippen molar-refractivity contribution in [3.05, 3.63) is 0 Å². The molecule has 0 N–H and O–H groups in total. The smallest absolute Gasteiger partial charge is 0.311 e. The second kappa shape index (κ2) is 5.88. The standard InChI is InChI=1S/C15H28O2/c1-6-15(4,5)14(16)17-10-13-8-7-11(2)12(3)9-13/h11-13H,6-10H2,1-5H3. The number of hydrogen-bond acceptors (Lipinski definition) is 2. The molecule has 3 unspecified atom stereocenters. The molecule has 1 fully saturated rings. The normalized spacial score (nSPS) is 30.1. The Kier molecular flexibility index (Phi) is 5.03. The van der Waals surface area contributed by atoms with Crippen molar-refractivity contribution >= 4 is 5.97 Å². The Balaban J connectivity index is 2.34. The molecule has 0 aliphatic heterocycles. The lowest BCUT2D eigenvalue weighted by atomic mass is 9.76. The van der Waals surface area contributed by atoms with Crippen LogP contribution in [0, 0.1) is 23.2 Å². The van der Waals surface area contributed by atoms with Crippen LogP contribution in [0.5, 0.6) is 0 Å². The van der Waals surface area contributed by atoms with Gasteiger partial charge in [-0.3, -0.25) is 4.79 Å². The van der Waals surface area contributed by atoms with Crippen molar-refractivity contribution in [3.63, 3.8) is 0 Å². The lowest BCUT2D eigenvalue weighted by Gasteiger charge is -2.32. The summed E-state index contributed by atoms with van der Waals surface area (Å²) in [5, 5.41) is 0. The van der Waals surface area contributed by atoms with Gasteiger partial charge in [-0.2, -0.15) is 0 Å². The third-order valence-electron chi connectivity index (χ3n) is 4.59. The van der Waals surface area contributed by atoms with Crippen LogP contribution in [0.2, 0.25) is 0 Å². The Hall–Kier alpha value is -0.530. The highest BCUT2D eigenvalue weighted by atomic mass is 16.5. The van der Waals surface area contributed by atoms with Gasteiger partial charge in [-0.25, -0.2) is 0 Å². The molecule has 0 bridgehead atoms. The van der Waals surface area contributed by atoms with Crippen molar-refractivity contribution < 1.29 is 9.53 Å². The fraction of sp³-hybridized carbons (Fsp3) is 0.933. The van der Waals surface area contributed by atoms with Crippen LogP contribution in [0.15, 0.2) is 0 Å². The summed E-state index contributed by atoms with van der Waals surface area (Å²) >= 11 is 0. The molecule has 2 heteroatoms. The SMILES string of the molecule is CCC(C)(C)C(=O)OCC1CCC(C)C(C)C1. The average Bonchev–Trinajstić information content (AvgIpc) is 2.30. The van der Waals surface area contributed by atoms with Crippen LogP contribution in [-0.4, -0.2) is 12.6 Å². The van der Waals surface area contributed by atoms with Crippen molar-refractivity contribution in [2.24, 2.45) is 23.2 Å². The first kappa shape index (κ1) is 14.5. The van der Waals surface area contributed by atoms with E-state index in [0.717, 1.165) is 18.3 Å². The quantitative estimate of drug-likeness (QED) is 0.693. The molecule has 1 aliphatic carbocycles. The summed E-state index contributed by atoms with van der Waals surface area (Å²) in [4.78, 5) is 11.9. The maximum absolute atomic E-state index is 11.9. The molecule has 0 heterocycles. The van der Waals surface area contributed by atoms with E-state index in [1.54, 1.807) is 0 Å². The molecular formula is C15H28O2. The van der Waals surface area contributed by atoms with Gasteiger partial charge in [0, 0.05) is 0 Å². The predicted molar refractivity (Wildman–Crippen MR) is 70.7 cm³/mol. The summed E-state index contributed by atoms with van der Waals surface area (Å²) in [7, 11) is 0. The summed E-state index contributed by atoms with van der Waals surface area (Å²) in [5.74, 6) is 2.14. The van der Waals surface area contributed by atoms with Crippen LogP contribution in [-0.2, 0) is 9.53 Å². The van der Waals surface area contributed by atoms with Crippen LogP contribution in [0.25, 0.3) is 0 Å². The van der Waals surface area contributed by atoms with Gasteiger partial charge in [0.05, 0.1) is 12.0 Å². The minimum absolute atomic E-state index is 0.0359. The molecule has 2 nitrogen and oxygen atoms in total. The fourth-order valence-corrected chi connectivity index (χ4v) is 2.34.